The molecule has 0 amide bonds. The molecule has 0 saturated carbocycles. The van der Waals surface area contributed by atoms with Crippen LogP contribution in [0.1, 0.15) is 65.7 Å². The van der Waals surface area contributed by atoms with Crippen LogP contribution in [0, 0.1) is 11.3 Å². The van der Waals surface area contributed by atoms with Gasteiger partial charge in [-0.2, -0.15) is 0 Å². The van der Waals surface area contributed by atoms with Gasteiger partial charge in [0.2, 0.25) is 0 Å². The summed E-state index contributed by atoms with van der Waals surface area (Å²) >= 11 is 0. The number of unbranched alkanes of at least 4 members (excludes halogenated alkanes) is 2. The predicted molar refractivity (Wildman–Crippen MR) is 78.8 cm³/mol. The van der Waals surface area contributed by atoms with Gasteiger partial charge < -0.3 is 10.6 Å². The van der Waals surface area contributed by atoms with E-state index in [2.05, 4.69) is 31.4 Å². The second kappa shape index (κ2) is 6.38. The monoisotopic (exact) mass is 252 g/mol. The zero-order chi connectivity index (χ0) is 13.0. The standard InChI is InChI=1S/C16H32N2/c1-4-5-6-9-16(2,3)12-17-11-13-10-14-7-8-15(13)18-14/h13-15,17-18H,4-12H2,1-3H3. The maximum atomic E-state index is 3.74. The Morgan fingerprint density at radius 1 is 1.22 bits per heavy atom. The molecule has 0 aromatic heterocycles. The first-order valence-corrected chi connectivity index (χ1v) is 8.07. The Kier molecular flexibility index (Phi) is 5.08. The molecule has 2 nitrogen and oxygen atoms in total. The second-order valence-corrected chi connectivity index (χ2v) is 7.30. The Morgan fingerprint density at radius 3 is 2.67 bits per heavy atom. The summed E-state index contributed by atoms with van der Waals surface area (Å²) in [5.74, 6) is 0.898. The molecule has 2 N–H and O–H groups in total. The largest absolute Gasteiger partial charge is 0.316 e. The van der Waals surface area contributed by atoms with E-state index in [4.69, 9.17) is 0 Å². The van der Waals surface area contributed by atoms with Crippen LogP contribution in [-0.4, -0.2) is 25.2 Å². The molecule has 0 spiro atoms. The maximum Gasteiger partial charge on any atom is 0.0111 e. The molecule has 2 rings (SSSR count). The van der Waals surface area contributed by atoms with Crippen LogP contribution >= 0.6 is 0 Å². The van der Waals surface area contributed by atoms with Crippen molar-refractivity contribution < 1.29 is 0 Å². The van der Waals surface area contributed by atoms with Crippen LogP contribution in [-0.2, 0) is 0 Å². The third-order valence-corrected chi connectivity index (χ3v) is 4.90. The zero-order valence-corrected chi connectivity index (χ0v) is 12.6. The van der Waals surface area contributed by atoms with Crippen molar-refractivity contribution in [2.45, 2.75) is 77.8 Å². The molecule has 0 radical (unpaired) electrons. The molecule has 2 bridgehead atoms. The van der Waals surface area contributed by atoms with Gasteiger partial charge >= 0.3 is 0 Å². The topological polar surface area (TPSA) is 24.1 Å². The summed E-state index contributed by atoms with van der Waals surface area (Å²) in [7, 11) is 0. The van der Waals surface area contributed by atoms with Crippen molar-refractivity contribution in [3.05, 3.63) is 0 Å². The van der Waals surface area contributed by atoms with Gasteiger partial charge in [0.15, 0.2) is 0 Å². The third kappa shape index (κ3) is 3.96. The van der Waals surface area contributed by atoms with Crippen molar-refractivity contribution in [3.63, 3.8) is 0 Å². The Bertz CT molecular complexity index is 249. The molecular weight excluding hydrogens is 220 g/mol. The van der Waals surface area contributed by atoms with Crippen LogP contribution in [0.15, 0.2) is 0 Å². The van der Waals surface area contributed by atoms with E-state index < -0.39 is 0 Å². The van der Waals surface area contributed by atoms with Crippen molar-refractivity contribution in [2.75, 3.05) is 13.1 Å². The molecule has 0 aromatic carbocycles. The average Bonchev–Trinajstić information content (AvgIpc) is 2.91. The third-order valence-electron chi connectivity index (χ3n) is 4.90. The van der Waals surface area contributed by atoms with Gasteiger partial charge in [-0.05, 0) is 43.6 Å². The zero-order valence-electron chi connectivity index (χ0n) is 12.6. The van der Waals surface area contributed by atoms with Crippen LogP contribution in [0.25, 0.3) is 0 Å². The molecule has 0 aliphatic carbocycles. The fraction of sp³-hybridized carbons (Fsp3) is 1.00. The van der Waals surface area contributed by atoms with Gasteiger partial charge in [-0.25, -0.2) is 0 Å². The van der Waals surface area contributed by atoms with Crippen molar-refractivity contribution >= 4 is 0 Å². The van der Waals surface area contributed by atoms with Gasteiger partial charge in [0, 0.05) is 18.6 Å². The molecule has 2 heteroatoms. The number of hydrogen-bond acceptors (Lipinski definition) is 2. The lowest BCUT2D eigenvalue weighted by Crippen LogP contribution is -2.36. The minimum Gasteiger partial charge on any atom is -0.316 e. The van der Waals surface area contributed by atoms with Crippen molar-refractivity contribution in [2.24, 2.45) is 11.3 Å². The summed E-state index contributed by atoms with van der Waals surface area (Å²) < 4.78 is 0. The van der Waals surface area contributed by atoms with Crippen molar-refractivity contribution in [3.8, 4) is 0 Å². The highest BCUT2D eigenvalue weighted by molar-refractivity contribution is 4.98. The summed E-state index contributed by atoms with van der Waals surface area (Å²) in [6, 6.07) is 1.67. The molecule has 2 heterocycles. The first-order valence-electron chi connectivity index (χ1n) is 8.07. The fourth-order valence-corrected chi connectivity index (χ4v) is 3.70. The van der Waals surface area contributed by atoms with Crippen LogP contribution in [0.5, 0.6) is 0 Å². The Hall–Kier alpha value is -0.0800. The number of rotatable bonds is 8. The Morgan fingerprint density at radius 2 is 2.06 bits per heavy atom. The molecule has 2 aliphatic heterocycles. The van der Waals surface area contributed by atoms with Gasteiger partial charge in [-0.1, -0.05) is 40.0 Å². The van der Waals surface area contributed by atoms with E-state index in [1.165, 1.54) is 58.0 Å². The van der Waals surface area contributed by atoms with Gasteiger partial charge in [0.05, 0.1) is 0 Å². The van der Waals surface area contributed by atoms with E-state index in [0.717, 1.165) is 18.0 Å². The summed E-state index contributed by atoms with van der Waals surface area (Å²) in [5, 5.41) is 7.47. The average molecular weight is 252 g/mol. The van der Waals surface area contributed by atoms with Gasteiger partial charge in [0.25, 0.3) is 0 Å². The first kappa shape index (κ1) is 14.3. The van der Waals surface area contributed by atoms with E-state index in [1.807, 2.05) is 0 Å². The van der Waals surface area contributed by atoms with Gasteiger partial charge in [0.1, 0.15) is 0 Å². The summed E-state index contributed by atoms with van der Waals surface area (Å²) in [6.07, 6.45) is 9.72. The molecule has 3 atom stereocenters. The van der Waals surface area contributed by atoms with Gasteiger partial charge in [-0.3, -0.25) is 0 Å². The SMILES string of the molecule is CCCCCC(C)(C)CNCC1CC2CCC1N2. The van der Waals surface area contributed by atoms with E-state index in [0.29, 0.717) is 5.41 Å². The lowest BCUT2D eigenvalue weighted by atomic mass is 9.86. The molecular formula is C16H32N2. The number of fused-ring (bicyclic) bond motifs is 2. The highest BCUT2D eigenvalue weighted by Gasteiger charge is 2.38. The van der Waals surface area contributed by atoms with E-state index >= 15 is 0 Å². The quantitative estimate of drug-likeness (QED) is 0.648. The lowest BCUT2D eigenvalue weighted by molar-refractivity contribution is 0.284. The minimum absolute atomic E-state index is 0.472. The van der Waals surface area contributed by atoms with E-state index in [9.17, 15) is 0 Å². The maximum absolute atomic E-state index is 3.74. The molecule has 18 heavy (non-hydrogen) atoms. The summed E-state index contributed by atoms with van der Waals surface area (Å²) in [4.78, 5) is 0. The highest BCUT2D eigenvalue weighted by Crippen LogP contribution is 2.32. The summed E-state index contributed by atoms with van der Waals surface area (Å²) in [5.41, 5.74) is 0.472. The summed E-state index contributed by atoms with van der Waals surface area (Å²) in [6.45, 7) is 9.52. The Labute approximate surface area is 113 Å². The molecule has 2 saturated heterocycles. The van der Waals surface area contributed by atoms with E-state index in [-0.39, 0.29) is 0 Å². The van der Waals surface area contributed by atoms with Gasteiger partial charge in [-0.15, -0.1) is 0 Å². The first-order chi connectivity index (χ1) is 8.61. The molecule has 0 aromatic rings. The van der Waals surface area contributed by atoms with Crippen molar-refractivity contribution in [1.29, 1.82) is 0 Å². The number of hydrogen-bond donors (Lipinski definition) is 2. The van der Waals surface area contributed by atoms with Crippen LogP contribution < -0.4 is 10.6 Å². The smallest absolute Gasteiger partial charge is 0.0111 e. The van der Waals surface area contributed by atoms with Crippen LogP contribution in [0.2, 0.25) is 0 Å². The minimum atomic E-state index is 0.472. The normalized spacial score (nSPS) is 31.2. The number of nitrogens with one attached hydrogen (secondary N) is 2. The molecule has 106 valence electrons. The molecule has 3 unspecified atom stereocenters. The molecule has 2 aliphatic rings. The van der Waals surface area contributed by atoms with Crippen LogP contribution in [0.4, 0.5) is 0 Å². The molecule has 2 fully saturated rings. The van der Waals surface area contributed by atoms with E-state index in [1.54, 1.807) is 0 Å². The Balaban J connectivity index is 1.59. The lowest BCUT2D eigenvalue weighted by Gasteiger charge is -2.27. The second-order valence-electron chi connectivity index (χ2n) is 7.30. The fourth-order valence-electron chi connectivity index (χ4n) is 3.70. The van der Waals surface area contributed by atoms with Crippen LogP contribution in [0.3, 0.4) is 0 Å². The highest BCUT2D eigenvalue weighted by atomic mass is 15.0. The predicted octanol–water partition coefficient (Wildman–Crippen LogP) is 3.32. The van der Waals surface area contributed by atoms with Crippen molar-refractivity contribution in [1.82, 2.24) is 10.6 Å².